The molecule has 1 aliphatic rings. The molecule has 1 saturated heterocycles. The highest BCUT2D eigenvalue weighted by Crippen LogP contribution is 2.30. The highest BCUT2D eigenvalue weighted by molar-refractivity contribution is 7.13. The lowest BCUT2D eigenvalue weighted by atomic mass is 10.2. The summed E-state index contributed by atoms with van der Waals surface area (Å²) in [6.07, 6.45) is 0. The lowest BCUT2D eigenvalue weighted by Gasteiger charge is -2.31. The van der Waals surface area contributed by atoms with E-state index in [0.717, 1.165) is 48.4 Å². The fourth-order valence-corrected chi connectivity index (χ4v) is 3.48. The number of thiophene rings is 1. The summed E-state index contributed by atoms with van der Waals surface area (Å²) in [4.78, 5) is 8.30. The second kappa shape index (κ2) is 6.92. The van der Waals surface area contributed by atoms with Crippen LogP contribution in [0.1, 0.15) is 23.9 Å². The minimum absolute atomic E-state index is 0. The van der Waals surface area contributed by atoms with Crippen molar-refractivity contribution in [1.29, 1.82) is 0 Å². The van der Waals surface area contributed by atoms with E-state index in [9.17, 15) is 0 Å². The number of halogens is 1. The summed E-state index contributed by atoms with van der Waals surface area (Å²) in [5.74, 6) is 1.71. The van der Waals surface area contributed by atoms with Gasteiger partial charge in [-0.1, -0.05) is 0 Å². The Morgan fingerprint density at radius 2 is 2.29 bits per heavy atom. The lowest BCUT2D eigenvalue weighted by Crippen LogP contribution is -2.48. The van der Waals surface area contributed by atoms with Gasteiger partial charge in [0.15, 0.2) is 0 Å². The largest absolute Gasteiger partial charge is 0.440 e. The van der Waals surface area contributed by atoms with Crippen molar-refractivity contribution >= 4 is 23.7 Å². The Morgan fingerprint density at radius 1 is 1.48 bits per heavy atom. The third kappa shape index (κ3) is 3.66. The molecule has 0 aliphatic carbocycles. The van der Waals surface area contributed by atoms with Gasteiger partial charge in [-0.3, -0.25) is 4.90 Å². The summed E-state index contributed by atoms with van der Waals surface area (Å²) in [6.45, 7) is 10.4. The zero-order valence-electron chi connectivity index (χ0n) is 12.7. The maximum absolute atomic E-state index is 5.87. The van der Waals surface area contributed by atoms with Gasteiger partial charge in [-0.25, -0.2) is 4.98 Å². The smallest absolute Gasteiger partial charge is 0.237 e. The molecule has 3 heterocycles. The quantitative estimate of drug-likeness (QED) is 0.939. The Morgan fingerprint density at radius 3 is 2.95 bits per heavy atom. The molecule has 21 heavy (non-hydrogen) atoms. The number of aromatic nitrogens is 1. The predicted molar refractivity (Wildman–Crippen MR) is 89.3 cm³/mol. The van der Waals surface area contributed by atoms with E-state index in [1.165, 1.54) is 5.56 Å². The van der Waals surface area contributed by atoms with E-state index < -0.39 is 0 Å². The molecule has 1 fully saturated rings. The molecule has 116 valence electrons. The molecule has 2 aromatic rings. The van der Waals surface area contributed by atoms with E-state index in [1.807, 2.05) is 6.92 Å². The minimum Gasteiger partial charge on any atom is -0.440 e. The molecule has 0 amide bonds. The van der Waals surface area contributed by atoms with E-state index in [1.54, 1.807) is 11.3 Å². The SMILES string of the molecule is Cc1ccsc1-c1nc(CN2CCNC(C)C2)c(C)o1.Cl. The number of aryl methyl sites for hydroxylation is 2. The average Bonchev–Trinajstić information content (AvgIpc) is 2.97. The predicted octanol–water partition coefficient (Wildman–Crippen LogP) is 3.24. The van der Waals surface area contributed by atoms with Crippen LogP contribution in [0.15, 0.2) is 15.9 Å². The molecular weight excluding hydrogens is 306 g/mol. The lowest BCUT2D eigenvalue weighted by molar-refractivity contribution is 0.197. The summed E-state index contributed by atoms with van der Waals surface area (Å²) in [5.41, 5.74) is 2.31. The molecule has 0 spiro atoms. The van der Waals surface area contributed by atoms with Gasteiger partial charge in [-0.15, -0.1) is 23.7 Å². The van der Waals surface area contributed by atoms with Crippen molar-refractivity contribution < 1.29 is 4.42 Å². The second-order valence-electron chi connectivity index (χ2n) is 5.54. The average molecular weight is 328 g/mol. The van der Waals surface area contributed by atoms with E-state index in [4.69, 9.17) is 9.40 Å². The Hall–Kier alpha value is -0.880. The number of piperazine rings is 1. The molecule has 4 nitrogen and oxygen atoms in total. The first kappa shape index (κ1) is 16.5. The molecular formula is C15H22ClN3OS. The van der Waals surface area contributed by atoms with Crippen molar-refractivity contribution in [2.75, 3.05) is 19.6 Å². The van der Waals surface area contributed by atoms with Gasteiger partial charge in [0.25, 0.3) is 0 Å². The fraction of sp³-hybridized carbons (Fsp3) is 0.533. The van der Waals surface area contributed by atoms with Crippen molar-refractivity contribution in [3.63, 3.8) is 0 Å². The highest BCUT2D eigenvalue weighted by Gasteiger charge is 2.20. The van der Waals surface area contributed by atoms with Crippen LogP contribution < -0.4 is 5.32 Å². The second-order valence-corrected chi connectivity index (χ2v) is 6.46. The maximum atomic E-state index is 5.87. The molecule has 3 rings (SSSR count). The topological polar surface area (TPSA) is 41.3 Å². The molecule has 1 aliphatic heterocycles. The Bertz CT molecular complexity index is 596. The summed E-state index contributed by atoms with van der Waals surface area (Å²) in [7, 11) is 0. The standard InChI is InChI=1S/C15H21N3OS.ClH/c1-10-4-7-20-14(10)15-17-13(12(3)19-15)9-18-6-5-16-11(2)8-18;/h4,7,11,16H,5-6,8-9H2,1-3H3;1H. The van der Waals surface area contributed by atoms with Gasteiger partial charge >= 0.3 is 0 Å². The summed E-state index contributed by atoms with van der Waals surface area (Å²) < 4.78 is 5.87. The van der Waals surface area contributed by atoms with Crippen molar-refractivity contribution in [2.45, 2.75) is 33.4 Å². The van der Waals surface area contributed by atoms with Gasteiger partial charge in [-0.2, -0.15) is 0 Å². The fourth-order valence-electron chi connectivity index (χ4n) is 2.63. The van der Waals surface area contributed by atoms with Crippen LogP contribution in [0.25, 0.3) is 10.8 Å². The van der Waals surface area contributed by atoms with Gasteiger partial charge in [0.2, 0.25) is 5.89 Å². The zero-order valence-corrected chi connectivity index (χ0v) is 14.3. The van der Waals surface area contributed by atoms with Gasteiger partial charge in [0.1, 0.15) is 5.76 Å². The minimum atomic E-state index is 0. The molecule has 0 bridgehead atoms. The molecule has 6 heteroatoms. The molecule has 0 aromatic carbocycles. The summed E-state index contributed by atoms with van der Waals surface area (Å²) in [6, 6.07) is 2.66. The van der Waals surface area contributed by atoms with Crippen LogP contribution in [-0.4, -0.2) is 35.6 Å². The van der Waals surface area contributed by atoms with E-state index in [2.05, 4.69) is 35.5 Å². The van der Waals surface area contributed by atoms with Crippen molar-refractivity contribution in [2.24, 2.45) is 0 Å². The molecule has 0 radical (unpaired) electrons. The first-order valence-corrected chi connectivity index (χ1v) is 7.98. The van der Waals surface area contributed by atoms with Crippen LogP contribution in [0.5, 0.6) is 0 Å². The Labute approximate surface area is 136 Å². The van der Waals surface area contributed by atoms with Crippen LogP contribution in [0, 0.1) is 13.8 Å². The molecule has 1 unspecified atom stereocenters. The molecule has 1 atom stereocenters. The third-order valence-corrected chi connectivity index (χ3v) is 4.78. The summed E-state index contributed by atoms with van der Waals surface area (Å²) in [5, 5.41) is 5.55. The molecule has 1 N–H and O–H groups in total. The highest BCUT2D eigenvalue weighted by atomic mass is 35.5. The number of hydrogen-bond donors (Lipinski definition) is 1. The van der Waals surface area contributed by atoms with Crippen molar-refractivity contribution in [3.8, 4) is 10.8 Å². The first-order chi connectivity index (χ1) is 9.63. The van der Waals surface area contributed by atoms with E-state index in [0.29, 0.717) is 6.04 Å². The molecule has 2 aromatic heterocycles. The van der Waals surface area contributed by atoms with Gasteiger partial charge in [0.05, 0.1) is 10.6 Å². The molecule has 0 saturated carbocycles. The number of nitrogens with one attached hydrogen (secondary N) is 1. The van der Waals surface area contributed by atoms with Gasteiger partial charge in [0, 0.05) is 32.2 Å². The van der Waals surface area contributed by atoms with Gasteiger partial charge < -0.3 is 9.73 Å². The zero-order chi connectivity index (χ0) is 14.1. The van der Waals surface area contributed by atoms with Crippen LogP contribution in [-0.2, 0) is 6.54 Å². The maximum Gasteiger partial charge on any atom is 0.237 e. The van der Waals surface area contributed by atoms with Crippen LogP contribution in [0.3, 0.4) is 0 Å². The van der Waals surface area contributed by atoms with E-state index in [-0.39, 0.29) is 12.4 Å². The third-order valence-electron chi connectivity index (χ3n) is 3.78. The Kier molecular flexibility index (Phi) is 5.43. The Balaban J connectivity index is 0.00000161. The summed E-state index contributed by atoms with van der Waals surface area (Å²) >= 11 is 1.69. The number of oxazole rings is 1. The normalized spacial score (nSPS) is 19.5. The number of hydrogen-bond acceptors (Lipinski definition) is 5. The van der Waals surface area contributed by atoms with Gasteiger partial charge in [-0.05, 0) is 37.8 Å². The van der Waals surface area contributed by atoms with Crippen LogP contribution >= 0.6 is 23.7 Å². The van der Waals surface area contributed by atoms with Crippen LogP contribution in [0.4, 0.5) is 0 Å². The van der Waals surface area contributed by atoms with Crippen LogP contribution in [0.2, 0.25) is 0 Å². The number of nitrogens with zero attached hydrogens (tertiary/aromatic N) is 2. The van der Waals surface area contributed by atoms with E-state index >= 15 is 0 Å². The van der Waals surface area contributed by atoms with Crippen molar-refractivity contribution in [1.82, 2.24) is 15.2 Å². The number of rotatable bonds is 3. The monoisotopic (exact) mass is 327 g/mol. The van der Waals surface area contributed by atoms with Crippen molar-refractivity contribution in [3.05, 3.63) is 28.5 Å². The first-order valence-electron chi connectivity index (χ1n) is 7.10.